The van der Waals surface area contributed by atoms with Gasteiger partial charge in [-0.3, -0.25) is 0 Å². The molecule has 0 aromatic rings. The average molecular weight is 270 g/mol. The van der Waals surface area contributed by atoms with Crippen LogP contribution in [0.2, 0.25) is 0 Å². The smallest absolute Gasteiger partial charge is 0.317 e. The predicted octanol–water partition coefficient (Wildman–Crippen LogP) is 1.36. The van der Waals surface area contributed by atoms with Gasteiger partial charge in [-0.25, -0.2) is 4.79 Å². The Hall–Kier alpha value is -0.810. The number of carbonyl (C=O) groups is 1. The minimum Gasteiger partial charge on any atom is -0.388 e. The molecule has 0 spiro atoms. The van der Waals surface area contributed by atoms with Gasteiger partial charge in [-0.15, -0.1) is 0 Å². The van der Waals surface area contributed by atoms with Crippen LogP contribution >= 0.6 is 0 Å². The molecular formula is C14H26N2O3. The molecule has 2 rings (SSSR count). The maximum absolute atomic E-state index is 12.0. The van der Waals surface area contributed by atoms with Crippen molar-refractivity contribution in [1.82, 2.24) is 10.2 Å². The third-order valence-electron chi connectivity index (χ3n) is 4.48. The molecule has 110 valence electrons. The minimum atomic E-state index is -0.701. The lowest BCUT2D eigenvalue weighted by Crippen LogP contribution is -2.51. The molecule has 1 heterocycles. The van der Waals surface area contributed by atoms with Crippen LogP contribution in [0.1, 0.15) is 39.0 Å². The first-order valence-corrected chi connectivity index (χ1v) is 7.46. The van der Waals surface area contributed by atoms with Crippen LogP contribution in [0.15, 0.2) is 0 Å². The van der Waals surface area contributed by atoms with Crippen molar-refractivity contribution in [3.8, 4) is 0 Å². The van der Waals surface area contributed by atoms with Crippen LogP contribution in [0.25, 0.3) is 0 Å². The summed E-state index contributed by atoms with van der Waals surface area (Å²) in [5.41, 5.74) is -0.701. The number of nitrogens with zero attached hydrogens (tertiary/aromatic N) is 1. The second-order valence-electron chi connectivity index (χ2n) is 5.83. The Labute approximate surface area is 115 Å². The van der Waals surface area contributed by atoms with E-state index in [0.29, 0.717) is 32.8 Å². The number of hydrogen-bond donors (Lipinski definition) is 2. The van der Waals surface area contributed by atoms with Crippen LogP contribution in [-0.2, 0) is 4.74 Å². The van der Waals surface area contributed by atoms with Gasteiger partial charge in [0, 0.05) is 19.6 Å². The van der Waals surface area contributed by atoms with E-state index in [-0.39, 0.29) is 6.03 Å². The highest BCUT2D eigenvalue weighted by atomic mass is 16.5. The van der Waals surface area contributed by atoms with Crippen molar-refractivity contribution in [3.63, 3.8) is 0 Å². The normalized spacial score (nSPS) is 32.1. The van der Waals surface area contributed by atoms with E-state index in [0.717, 1.165) is 31.6 Å². The van der Waals surface area contributed by atoms with Crippen LogP contribution in [0.3, 0.4) is 0 Å². The zero-order valence-corrected chi connectivity index (χ0v) is 11.9. The predicted molar refractivity (Wildman–Crippen MR) is 73.0 cm³/mol. The van der Waals surface area contributed by atoms with E-state index in [1.54, 1.807) is 4.90 Å². The van der Waals surface area contributed by atoms with E-state index in [1.807, 2.05) is 0 Å². The first-order valence-electron chi connectivity index (χ1n) is 7.46. The van der Waals surface area contributed by atoms with E-state index < -0.39 is 5.60 Å². The first-order chi connectivity index (χ1) is 9.13. The summed E-state index contributed by atoms with van der Waals surface area (Å²) in [6, 6.07) is -0.0747. The molecule has 5 heteroatoms. The van der Waals surface area contributed by atoms with E-state index in [9.17, 15) is 9.90 Å². The topological polar surface area (TPSA) is 61.8 Å². The zero-order chi connectivity index (χ0) is 13.7. The Morgan fingerprint density at radius 3 is 2.58 bits per heavy atom. The quantitative estimate of drug-likeness (QED) is 0.814. The van der Waals surface area contributed by atoms with Gasteiger partial charge >= 0.3 is 6.03 Å². The highest BCUT2D eigenvalue weighted by Crippen LogP contribution is 2.33. The van der Waals surface area contributed by atoms with Gasteiger partial charge in [0.05, 0.1) is 18.8 Å². The van der Waals surface area contributed by atoms with Crippen molar-refractivity contribution >= 4 is 6.03 Å². The first kappa shape index (κ1) is 14.6. The molecule has 2 fully saturated rings. The lowest BCUT2D eigenvalue weighted by atomic mass is 9.78. The fourth-order valence-electron chi connectivity index (χ4n) is 2.92. The highest BCUT2D eigenvalue weighted by molar-refractivity contribution is 5.74. The molecule has 19 heavy (non-hydrogen) atoms. The molecule has 0 radical (unpaired) electrons. The van der Waals surface area contributed by atoms with E-state index in [1.165, 1.54) is 6.42 Å². The number of morpholine rings is 1. The lowest BCUT2D eigenvalue weighted by Gasteiger charge is -2.36. The molecule has 2 amide bonds. The molecule has 0 unspecified atom stereocenters. The van der Waals surface area contributed by atoms with Crippen molar-refractivity contribution < 1.29 is 14.6 Å². The molecule has 1 aliphatic heterocycles. The summed E-state index contributed by atoms with van der Waals surface area (Å²) in [5, 5.41) is 13.4. The number of carbonyl (C=O) groups excluding carboxylic acids is 1. The van der Waals surface area contributed by atoms with E-state index >= 15 is 0 Å². The number of nitrogens with one attached hydrogen (secondary N) is 1. The molecule has 5 nitrogen and oxygen atoms in total. The Balaban J connectivity index is 1.73. The number of urea groups is 1. The molecule has 2 aliphatic rings. The Morgan fingerprint density at radius 1 is 1.37 bits per heavy atom. The summed E-state index contributed by atoms with van der Waals surface area (Å²) in [7, 11) is 0. The fourth-order valence-corrected chi connectivity index (χ4v) is 2.92. The van der Waals surface area contributed by atoms with Gasteiger partial charge < -0.3 is 20.1 Å². The second kappa shape index (κ2) is 6.57. The third kappa shape index (κ3) is 4.08. The van der Waals surface area contributed by atoms with Crippen LogP contribution in [-0.4, -0.2) is 54.5 Å². The number of amides is 2. The Morgan fingerprint density at radius 2 is 2.00 bits per heavy atom. The number of rotatable bonds is 3. The van der Waals surface area contributed by atoms with E-state index in [2.05, 4.69) is 12.2 Å². The largest absolute Gasteiger partial charge is 0.388 e. The summed E-state index contributed by atoms with van der Waals surface area (Å²) < 4.78 is 5.22. The van der Waals surface area contributed by atoms with Crippen molar-refractivity contribution in [1.29, 1.82) is 0 Å². The summed E-state index contributed by atoms with van der Waals surface area (Å²) in [6.45, 7) is 5.07. The van der Waals surface area contributed by atoms with Gasteiger partial charge in [-0.1, -0.05) is 13.3 Å². The SMILES string of the molecule is CCC1CCC(O)(CNC(=O)N2CCOCC2)CC1. The summed E-state index contributed by atoms with van der Waals surface area (Å²) in [5.74, 6) is 0.746. The zero-order valence-electron chi connectivity index (χ0n) is 11.9. The van der Waals surface area contributed by atoms with Crippen LogP contribution < -0.4 is 5.32 Å². The van der Waals surface area contributed by atoms with Crippen LogP contribution in [0.4, 0.5) is 4.79 Å². The Kier molecular flexibility index (Phi) is 5.05. The van der Waals surface area contributed by atoms with E-state index in [4.69, 9.17) is 4.74 Å². The van der Waals surface area contributed by atoms with Crippen molar-refractivity contribution in [3.05, 3.63) is 0 Å². The maximum atomic E-state index is 12.0. The van der Waals surface area contributed by atoms with Crippen molar-refractivity contribution in [2.24, 2.45) is 5.92 Å². The molecule has 0 aromatic carbocycles. The number of aliphatic hydroxyl groups is 1. The molecule has 1 aliphatic carbocycles. The van der Waals surface area contributed by atoms with Gasteiger partial charge in [0.1, 0.15) is 0 Å². The molecular weight excluding hydrogens is 244 g/mol. The fraction of sp³-hybridized carbons (Fsp3) is 0.929. The monoisotopic (exact) mass is 270 g/mol. The summed E-state index contributed by atoms with van der Waals surface area (Å²) >= 11 is 0. The van der Waals surface area contributed by atoms with Crippen molar-refractivity contribution in [2.75, 3.05) is 32.8 Å². The van der Waals surface area contributed by atoms with Crippen LogP contribution in [0, 0.1) is 5.92 Å². The van der Waals surface area contributed by atoms with Gasteiger partial charge in [-0.05, 0) is 31.6 Å². The maximum Gasteiger partial charge on any atom is 0.317 e. The summed E-state index contributed by atoms with van der Waals surface area (Å²) in [6.07, 6.45) is 4.93. The average Bonchev–Trinajstić information content (AvgIpc) is 2.47. The molecule has 1 saturated carbocycles. The van der Waals surface area contributed by atoms with Gasteiger partial charge in [0.15, 0.2) is 0 Å². The van der Waals surface area contributed by atoms with Crippen LogP contribution in [0.5, 0.6) is 0 Å². The molecule has 0 atom stereocenters. The molecule has 2 N–H and O–H groups in total. The standard InChI is InChI=1S/C14H26N2O3/c1-2-12-3-5-14(18,6-4-12)11-15-13(17)16-7-9-19-10-8-16/h12,18H,2-11H2,1H3,(H,15,17). The van der Waals surface area contributed by atoms with Gasteiger partial charge in [0.25, 0.3) is 0 Å². The van der Waals surface area contributed by atoms with Gasteiger partial charge in [-0.2, -0.15) is 0 Å². The third-order valence-corrected chi connectivity index (χ3v) is 4.48. The molecule has 0 aromatic heterocycles. The molecule has 0 bridgehead atoms. The number of ether oxygens (including phenoxy) is 1. The van der Waals surface area contributed by atoms with Gasteiger partial charge in [0.2, 0.25) is 0 Å². The Bertz CT molecular complexity index is 295. The minimum absolute atomic E-state index is 0.0747. The lowest BCUT2D eigenvalue weighted by molar-refractivity contribution is -0.00857. The number of hydrogen-bond acceptors (Lipinski definition) is 3. The second-order valence-corrected chi connectivity index (χ2v) is 5.83. The summed E-state index contributed by atoms with van der Waals surface area (Å²) in [4.78, 5) is 13.7. The molecule has 1 saturated heterocycles. The highest BCUT2D eigenvalue weighted by Gasteiger charge is 2.33. The van der Waals surface area contributed by atoms with Crippen molar-refractivity contribution in [2.45, 2.75) is 44.6 Å².